The molecule has 1 saturated carbocycles. The van der Waals surface area contributed by atoms with E-state index in [1.54, 1.807) is 17.4 Å². The van der Waals surface area contributed by atoms with Crippen LogP contribution in [0, 0.1) is 11.7 Å². The number of nitrogens with one attached hydrogen (secondary N) is 2. The van der Waals surface area contributed by atoms with Gasteiger partial charge in [-0.1, -0.05) is 12.1 Å². The molecular weight excluding hydrogens is 553 g/mol. The number of carbonyl (C=O) groups excluding carboxylic acids is 1. The second-order valence-electron chi connectivity index (χ2n) is 10.3. The Bertz CT molecular complexity index is 1570. The lowest BCUT2D eigenvalue weighted by molar-refractivity contribution is -0.150. The van der Waals surface area contributed by atoms with Crippen molar-refractivity contribution in [3.8, 4) is 28.3 Å². The third-order valence-electron chi connectivity index (χ3n) is 7.44. The summed E-state index contributed by atoms with van der Waals surface area (Å²) in [5.74, 6) is -3.86. The molecule has 0 radical (unpaired) electrons. The molecule has 1 aliphatic heterocycles. The molecule has 0 atom stereocenters. The van der Waals surface area contributed by atoms with Gasteiger partial charge in [-0.2, -0.15) is 0 Å². The van der Waals surface area contributed by atoms with Crippen molar-refractivity contribution < 1.29 is 27.4 Å². The van der Waals surface area contributed by atoms with Crippen LogP contribution in [-0.2, 0) is 22.5 Å². The first kappa shape index (κ1) is 27.6. The molecule has 214 valence electrons. The molecule has 2 aliphatic rings. The van der Waals surface area contributed by atoms with Crippen molar-refractivity contribution in [3.63, 3.8) is 0 Å². The van der Waals surface area contributed by atoms with E-state index >= 15 is 0 Å². The Morgan fingerprint density at radius 3 is 2.76 bits per heavy atom. The van der Waals surface area contributed by atoms with Gasteiger partial charge in [-0.15, -0.1) is 21.5 Å². The van der Waals surface area contributed by atoms with Crippen LogP contribution in [0.4, 0.5) is 13.2 Å². The van der Waals surface area contributed by atoms with Crippen molar-refractivity contribution in [2.24, 2.45) is 5.92 Å². The molecule has 1 aliphatic carbocycles. The monoisotopic (exact) mass is 582 g/mol. The topological polar surface area (TPSA) is 85.4 Å². The normalized spacial score (nSPS) is 16.3. The molecule has 0 unspecified atom stereocenters. The summed E-state index contributed by atoms with van der Waals surface area (Å²) < 4.78 is 52.4. The molecule has 4 aromatic rings. The lowest BCUT2D eigenvalue weighted by atomic mass is 9.81. The van der Waals surface area contributed by atoms with Gasteiger partial charge in [0.1, 0.15) is 29.6 Å². The van der Waals surface area contributed by atoms with Crippen molar-refractivity contribution in [3.05, 3.63) is 64.8 Å². The maximum Gasteiger partial charge on any atom is 0.249 e. The molecule has 0 spiro atoms. The highest BCUT2D eigenvalue weighted by molar-refractivity contribution is 7.17. The number of ether oxygens (including phenoxy) is 2. The van der Waals surface area contributed by atoms with Gasteiger partial charge in [0.25, 0.3) is 0 Å². The number of nitrogens with zero attached hydrogens (tertiary/aromatic N) is 2. The first-order valence-electron chi connectivity index (χ1n) is 13.6. The standard InChI is InChI=1S/C30H29F3N4O3S/c31-22-3-4-23(25(14-22)40-11-10-39-9-8-35-29(38)21-15-30(32,33)16-21)27-28-24(6-12-41-28)26(36-37-27)19-1-2-20-17-34-7-5-18(20)13-19/h1-4,6,12-14,21,34H,5,7-11,15-17H2,(H,35,38). The van der Waals surface area contributed by atoms with Gasteiger partial charge in [0, 0.05) is 54.4 Å². The van der Waals surface area contributed by atoms with Crippen molar-refractivity contribution in [2.45, 2.75) is 31.7 Å². The maximum atomic E-state index is 14.2. The fraction of sp³-hybridized carbons (Fsp3) is 0.367. The summed E-state index contributed by atoms with van der Waals surface area (Å²) in [4.78, 5) is 11.9. The molecule has 2 aromatic carbocycles. The molecule has 0 saturated heterocycles. The highest BCUT2D eigenvalue weighted by Gasteiger charge is 2.48. The highest BCUT2D eigenvalue weighted by Crippen LogP contribution is 2.42. The number of hydrogen-bond donors (Lipinski definition) is 2. The molecule has 7 nitrogen and oxygen atoms in total. The van der Waals surface area contributed by atoms with E-state index in [4.69, 9.17) is 9.47 Å². The Balaban J connectivity index is 1.11. The summed E-state index contributed by atoms with van der Waals surface area (Å²) in [6, 6.07) is 12.8. The molecule has 11 heteroatoms. The first-order valence-corrected chi connectivity index (χ1v) is 14.5. The van der Waals surface area contributed by atoms with Crippen molar-refractivity contribution >= 4 is 27.3 Å². The molecule has 1 amide bonds. The second kappa shape index (κ2) is 11.8. The smallest absolute Gasteiger partial charge is 0.249 e. The fourth-order valence-corrected chi connectivity index (χ4v) is 6.15. The van der Waals surface area contributed by atoms with Crippen LogP contribution in [0.15, 0.2) is 47.8 Å². The molecule has 3 heterocycles. The van der Waals surface area contributed by atoms with Crippen molar-refractivity contribution in [2.75, 3.05) is 32.9 Å². The SMILES string of the molecule is O=C(NCCOCCOc1cc(F)ccc1-c1nnc(-c2ccc3c(c2)CCNC3)c2ccsc12)C1CC(F)(F)C1. The van der Waals surface area contributed by atoms with Crippen LogP contribution in [0.3, 0.4) is 0 Å². The lowest BCUT2D eigenvalue weighted by Gasteiger charge is -2.33. The van der Waals surface area contributed by atoms with Crippen LogP contribution in [-0.4, -0.2) is 54.9 Å². The van der Waals surface area contributed by atoms with Crippen LogP contribution in [0.25, 0.3) is 32.6 Å². The Kier molecular flexibility index (Phi) is 7.92. The lowest BCUT2D eigenvalue weighted by Crippen LogP contribution is -2.45. The van der Waals surface area contributed by atoms with Gasteiger partial charge in [-0.25, -0.2) is 13.2 Å². The predicted molar refractivity (Wildman–Crippen MR) is 151 cm³/mol. The van der Waals surface area contributed by atoms with Crippen LogP contribution in [0.2, 0.25) is 0 Å². The summed E-state index contributed by atoms with van der Waals surface area (Å²) >= 11 is 1.54. The van der Waals surface area contributed by atoms with Gasteiger partial charge in [0.05, 0.1) is 17.9 Å². The number of hydrogen-bond acceptors (Lipinski definition) is 7. The number of alkyl halides is 2. The van der Waals surface area contributed by atoms with Gasteiger partial charge in [0.15, 0.2) is 0 Å². The minimum atomic E-state index is -2.73. The maximum absolute atomic E-state index is 14.2. The van der Waals surface area contributed by atoms with Gasteiger partial charge in [0.2, 0.25) is 11.8 Å². The van der Waals surface area contributed by atoms with E-state index in [-0.39, 0.29) is 32.3 Å². The molecular formula is C30H29F3N4O3S. The van der Waals surface area contributed by atoms with Gasteiger partial charge in [-0.05, 0) is 53.7 Å². The second-order valence-corrected chi connectivity index (χ2v) is 11.2. The van der Waals surface area contributed by atoms with E-state index in [9.17, 15) is 18.0 Å². The Labute approximate surface area is 239 Å². The van der Waals surface area contributed by atoms with Crippen LogP contribution in [0.1, 0.15) is 24.0 Å². The number of thiophene rings is 1. The van der Waals surface area contributed by atoms with E-state index < -0.39 is 30.5 Å². The highest BCUT2D eigenvalue weighted by atomic mass is 32.1. The van der Waals surface area contributed by atoms with Crippen molar-refractivity contribution in [1.82, 2.24) is 20.8 Å². The molecule has 0 bridgehead atoms. The van der Waals surface area contributed by atoms with Gasteiger partial charge >= 0.3 is 0 Å². The Morgan fingerprint density at radius 1 is 1.05 bits per heavy atom. The van der Waals surface area contributed by atoms with E-state index in [1.165, 1.54) is 23.3 Å². The number of carbonyl (C=O) groups is 1. The molecule has 2 aromatic heterocycles. The molecule has 41 heavy (non-hydrogen) atoms. The Hall–Kier alpha value is -3.54. The quantitative estimate of drug-likeness (QED) is 0.245. The molecule has 2 N–H and O–H groups in total. The number of benzene rings is 2. The Morgan fingerprint density at radius 2 is 1.90 bits per heavy atom. The summed E-state index contributed by atoms with van der Waals surface area (Å²) in [6.07, 6.45) is 0.165. The third kappa shape index (κ3) is 6.07. The number of fused-ring (bicyclic) bond motifs is 2. The largest absolute Gasteiger partial charge is 0.490 e. The zero-order valence-electron chi connectivity index (χ0n) is 22.2. The zero-order valence-corrected chi connectivity index (χ0v) is 23.0. The summed E-state index contributed by atoms with van der Waals surface area (Å²) in [7, 11) is 0. The minimum Gasteiger partial charge on any atom is -0.490 e. The summed E-state index contributed by atoms with van der Waals surface area (Å²) in [6.45, 7) is 2.57. The number of halogens is 3. The van der Waals surface area contributed by atoms with E-state index in [1.807, 2.05) is 11.4 Å². The average Bonchev–Trinajstić information content (AvgIpc) is 3.45. The van der Waals surface area contributed by atoms with E-state index in [2.05, 4.69) is 39.0 Å². The third-order valence-corrected chi connectivity index (χ3v) is 8.36. The number of aromatic nitrogens is 2. The predicted octanol–water partition coefficient (Wildman–Crippen LogP) is 5.37. The fourth-order valence-electron chi connectivity index (χ4n) is 5.25. The van der Waals surface area contributed by atoms with E-state index in [0.29, 0.717) is 17.0 Å². The van der Waals surface area contributed by atoms with Gasteiger partial charge in [-0.3, -0.25) is 4.79 Å². The zero-order chi connectivity index (χ0) is 28.4. The van der Waals surface area contributed by atoms with Crippen LogP contribution in [0.5, 0.6) is 5.75 Å². The average molecular weight is 583 g/mol. The first-order chi connectivity index (χ1) is 19.9. The molecule has 1 fully saturated rings. The van der Waals surface area contributed by atoms with Crippen LogP contribution >= 0.6 is 11.3 Å². The number of amides is 1. The summed E-state index contributed by atoms with van der Waals surface area (Å²) in [5, 5.41) is 18.2. The number of rotatable bonds is 10. The van der Waals surface area contributed by atoms with Crippen LogP contribution < -0.4 is 15.4 Å². The molecule has 6 rings (SSSR count). The van der Waals surface area contributed by atoms with E-state index in [0.717, 1.165) is 40.9 Å². The minimum absolute atomic E-state index is 0.141. The summed E-state index contributed by atoms with van der Waals surface area (Å²) in [5.41, 5.74) is 5.68. The van der Waals surface area contributed by atoms with Gasteiger partial charge < -0.3 is 20.1 Å². The van der Waals surface area contributed by atoms with Crippen molar-refractivity contribution in [1.29, 1.82) is 0 Å².